The van der Waals surface area contributed by atoms with Gasteiger partial charge < -0.3 is 10.6 Å². The highest BCUT2D eigenvalue weighted by Gasteiger charge is 2.20. The fourth-order valence-electron chi connectivity index (χ4n) is 3.18. The molecule has 4 rings (SSSR count). The van der Waals surface area contributed by atoms with E-state index in [2.05, 4.69) is 49.9 Å². The van der Waals surface area contributed by atoms with Crippen molar-refractivity contribution in [1.29, 1.82) is 0 Å². The lowest BCUT2D eigenvalue weighted by Crippen LogP contribution is -2.47. The summed E-state index contributed by atoms with van der Waals surface area (Å²) in [7, 11) is 0. The van der Waals surface area contributed by atoms with Crippen LogP contribution in [-0.4, -0.2) is 48.1 Å². The van der Waals surface area contributed by atoms with Crippen molar-refractivity contribution in [3.63, 3.8) is 0 Å². The zero-order valence-electron chi connectivity index (χ0n) is 15.7. The van der Waals surface area contributed by atoms with Crippen molar-refractivity contribution < 1.29 is 0 Å². The second kappa shape index (κ2) is 9.62. The molecule has 10 heteroatoms. The third kappa shape index (κ3) is 4.86. The molecule has 1 unspecified atom stereocenters. The molecule has 3 aromatic rings. The molecule has 0 saturated heterocycles. The number of halogens is 1. The predicted molar refractivity (Wildman–Crippen MR) is 117 cm³/mol. The maximum absolute atomic E-state index is 4.75. The molecule has 0 saturated carbocycles. The van der Waals surface area contributed by atoms with E-state index in [0.717, 1.165) is 49.0 Å². The van der Waals surface area contributed by atoms with Gasteiger partial charge in [0.1, 0.15) is 24.8 Å². The topological polar surface area (TPSA) is 97.8 Å². The quantitative estimate of drug-likeness (QED) is 0.318. The number of nitrogens with zero attached hydrogens (tertiary/aromatic N) is 7. The highest BCUT2D eigenvalue weighted by molar-refractivity contribution is 14.0. The van der Waals surface area contributed by atoms with Crippen LogP contribution in [0.3, 0.4) is 0 Å². The van der Waals surface area contributed by atoms with E-state index in [1.807, 2.05) is 16.8 Å². The van der Waals surface area contributed by atoms with Crippen LogP contribution in [0.4, 0.5) is 0 Å². The predicted octanol–water partition coefficient (Wildman–Crippen LogP) is 1.55. The van der Waals surface area contributed by atoms with Crippen molar-refractivity contribution in [3.05, 3.63) is 54.6 Å². The summed E-state index contributed by atoms with van der Waals surface area (Å²) in [5.41, 5.74) is 2.09. The van der Waals surface area contributed by atoms with E-state index in [1.165, 1.54) is 6.33 Å². The third-order valence-electron chi connectivity index (χ3n) is 4.50. The zero-order chi connectivity index (χ0) is 18.5. The molecule has 1 aliphatic heterocycles. The van der Waals surface area contributed by atoms with Gasteiger partial charge in [0, 0.05) is 19.0 Å². The normalized spacial score (nSPS) is 16.2. The molecule has 1 atom stereocenters. The SMILES string of the molecule is CCNC(=NCc1cccc(-n2cncn2)c1)NC1CCc2ncnn2C1.I. The molecule has 1 aromatic carbocycles. The van der Waals surface area contributed by atoms with Crippen LogP contribution >= 0.6 is 24.0 Å². The van der Waals surface area contributed by atoms with Gasteiger partial charge in [-0.1, -0.05) is 12.1 Å². The Morgan fingerprint density at radius 2 is 2.21 bits per heavy atom. The van der Waals surface area contributed by atoms with E-state index in [9.17, 15) is 0 Å². The van der Waals surface area contributed by atoms with Crippen LogP contribution in [0.2, 0.25) is 0 Å². The first kappa shape index (κ1) is 20.2. The molecule has 9 nitrogen and oxygen atoms in total. The first-order chi connectivity index (χ1) is 13.3. The summed E-state index contributed by atoms with van der Waals surface area (Å²) < 4.78 is 3.71. The lowest BCUT2D eigenvalue weighted by atomic mass is 10.1. The van der Waals surface area contributed by atoms with Gasteiger partial charge in [0.15, 0.2) is 5.96 Å². The number of aromatic nitrogens is 6. The highest BCUT2D eigenvalue weighted by atomic mass is 127. The van der Waals surface area contributed by atoms with Gasteiger partial charge in [-0.3, -0.25) is 0 Å². The number of benzene rings is 1. The first-order valence-corrected chi connectivity index (χ1v) is 9.17. The van der Waals surface area contributed by atoms with E-state index in [1.54, 1.807) is 17.3 Å². The molecule has 0 bridgehead atoms. The number of hydrogen-bond donors (Lipinski definition) is 2. The lowest BCUT2D eigenvalue weighted by molar-refractivity contribution is 0.392. The Morgan fingerprint density at radius 3 is 3.04 bits per heavy atom. The molecular weight excluding hydrogens is 469 g/mol. The number of hydrogen-bond acceptors (Lipinski definition) is 5. The van der Waals surface area contributed by atoms with E-state index in [-0.39, 0.29) is 24.0 Å². The largest absolute Gasteiger partial charge is 0.357 e. The van der Waals surface area contributed by atoms with Crippen LogP contribution in [0.15, 0.2) is 48.2 Å². The van der Waals surface area contributed by atoms with Crippen molar-refractivity contribution in [1.82, 2.24) is 40.2 Å². The fourth-order valence-corrected chi connectivity index (χ4v) is 3.18. The Morgan fingerprint density at radius 1 is 1.29 bits per heavy atom. The van der Waals surface area contributed by atoms with Crippen LogP contribution in [0.5, 0.6) is 0 Å². The Bertz CT molecular complexity index is 903. The summed E-state index contributed by atoms with van der Waals surface area (Å²) in [5.74, 6) is 1.87. The van der Waals surface area contributed by atoms with Crippen LogP contribution in [-0.2, 0) is 19.5 Å². The molecule has 148 valence electrons. The van der Waals surface area contributed by atoms with Crippen molar-refractivity contribution in [2.45, 2.75) is 38.9 Å². The minimum atomic E-state index is 0. The van der Waals surface area contributed by atoms with Crippen molar-refractivity contribution >= 4 is 29.9 Å². The smallest absolute Gasteiger partial charge is 0.191 e. The number of fused-ring (bicyclic) bond motifs is 1. The number of rotatable bonds is 5. The van der Waals surface area contributed by atoms with E-state index >= 15 is 0 Å². The maximum Gasteiger partial charge on any atom is 0.191 e. The van der Waals surface area contributed by atoms with Gasteiger partial charge in [0.25, 0.3) is 0 Å². The lowest BCUT2D eigenvalue weighted by Gasteiger charge is -2.25. The van der Waals surface area contributed by atoms with Gasteiger partial charge in [0.2, 0.25) is 0 Å². The molecule has 2 aromatic heterocycles. The van der Waals surface area contributed by atoms with Gasteiger partial charge in [-0.25, -0.2) is 24.3 Å². The van der Waals surface area contributed by atoms with Crippen LogP contribution < -0.4 is 10.6 Å². The molecule has 0 amide bonds. The molecule has 3 heterocycles. The summed E-state index contributed by atoms with van der Waals surface area (Å²) in [6.07, 6.45) is 6.79. The summed E-state index contributed by atoms with van der Waals surface area (Å²) in [5, 5.41) is 15.3. The Labute approximate surface area is 180 Å². The fraction of sp³-hybridized carbons (Fsp3) is 0.389. The minimum Gasteiger partial charge on any atom is -0.357 e. The average molecular weight is 493 g/mol. The molecule has 28 heavy (non-hydrogen) atoms. The van der Waals surface area contributed by atoms with Crippen LogP contribution in [0, 0.1) is 0 Å². The number of aryl methyl sites for hydroxylation is 1. The van der Waals surface area contributed by atoms with Crippen LogP contribution in [0.25, 0.3) is 5.69 Å². The highest BCUT2D eigenvalue weighted by Crippen LogP contribution is 2.12. The van der Waals surface area contributed by atoms with Gasteiger partial charge in [0.05, 0.1) is 18.8 Å². The zero-order valence-corrected chi connectivity index (χ0v) is 18.0. The number of nitrogens with one attached hydrogen (secondary N) is 2. The number of aliphatic imine (C=N–C) groups is 1. The molecule has 0 fully saturated rings. The first-order valence-electron chi connectivity index (χ1n) is 9.17. The average Bonchev–Trinajstić information content (AvgIpc) is 3.38. The van der Waals surface area contributed by atoms with Crippen molar-refractivity contribution in [3.8, 4) is 5.69 Å². The summed E-state index contributed by atoms with van der Waals surface area (Å²) in [6, 6.07) is 8.44. The summed E-state index contributed by atoms with van der Waals surface area (Å²) >= 11 is 0. The standard InChI is InChI=1S/C18H23N9.HI/c1-2-20-18(25-15-6-7-17-22-12-24-26(17)10-15)21-9-14-4-3-5-16(8-14)27-13-19-11-23-27;/h3-5,8,11-13,15H,2,6-7,9-10H2,1H3,(H2,20,21,25);1H. The van der Waals surface area contributed by atoms with Crippen LogP contribution in [0.1, 0.15) is 24.7 Å². The van der Waals surface area contributed by atoms with Crippen molar-refractivity contribution in [2.24, 2.45) is 4.99 Å². The second-order valence-electron chi connectivity index (χ2n) is 6.44. The molecule has 2 N–H and O–H groups in total. The molecule has 0 aliphatic carbocycles. The number of guanidine groups is 1. The van der Waals surface area contributed by atoms with Gasteiger partial charge in [-0.05, 0) is 31.0 Å². The summed E-state index contributed by atoms with van der Waals surface area (Å²) in [4.78, 5) is 13.0. The molecule has 1 aliphatic rings. The second-order valence-corrected chi connectivity index (χ2v) is 6.44. The van der Waals surface area contributed by atoms with Gasteiger partial charge >= 0.3 is 0 Å². The molecule has 0 radical (unpaired) electrons. The van der Waals surface area contributed by atoms with Crippen molar-refractivity contribution in [2.75, 3.05) is 6.54 Å². The van der Waals surface area contributed by atoms with E-state index in [4.69, 9.17) is 4.99 Å². The molecular formula is C18H24IN9. The maximum atomic E-state index is 4.75. The third-order valence-corrected chi connectivity index (χ3v) is 4.50. The van der Waals surface area contributed by atoms with E-state index in [0.29, 0.717) is 12.6 Å². The van der Waals surface area contributed by atoms with Gasteiger partial charge in [-0.15, -0.1) is 24.0 Å². The Hall–Kier alpha value is -2.50. The van der Waals surface area contributed by atoms with E-state index < -0.39 is 0 Å². The summed E-state index contributed by atoms with van der Waals surface area (Å²) in [6.45, 7) is 4.27. The van der Waals surface area contributed by atoms with Gasteiger partial charge in [-0.2, -0.15) is 10.2 Å². The molecule has 0 spiro atoms. The minimum absolute atomic E-state index is 0. The Kier molecular flexibility index (Phi) is 6.95. The monoisotopic (exact) mass is 493 g/mol. The Balaban J connectivity index is 0.00000225.